The first-order valence-corrected chi connectivity index (χ1v) is 7.20. The quantitative estimate of drug-likeness (QED) is 0.832. The Labute approximate surface area is 101 Å². The van der Waals surface area contributed by atoms with Crippen LogP contribution in [0.2, 0.25) is 0 Å². The van der Waals surface area contributed by atoms with Crippen molar-refractivity contribution in [3.8, 4) is 0 Å². The molecule has 1 fully saturated rings. The van der Waals surface area contributed by atoms with Crippen molar-refractivity contribution < 1.29 is 17.5 Å². The lowest BCUT2D eigenvalue weighted by Gasteiger charge is -2.14. The summed E-state index contributed by atoms with van der Waals surface area (Å²) < 4.78 is 42.9. The van der Waals surface area contributed by atoms with Crippen LogP contribution in [0.5, 0.6) is 0 Å². The van der Waals surface area contributed by atoms with Gasteiger partial charge in [0.1, 0.15) is 0 Å². The molecule has 0 amide bonds. The van der Waals surface area contributed by atoms with Gasteiger partial charge in [-0.1, -0.05) is 18.2 Å². The van der Waals surface area contributed by atoms with Gasteiger partial charge in [0.25, 0.3) is 0 Å². The van der Waals surface area contributed by atoms with E-state index >= 15 is 0 Å². The molecule has 1 aromatic rings. The Balaban J connectivity index is 2.09. The van der Waals surface area contributed by atoms with E-state index in [1.165, 1.54) is 12.1 Å². The summed E-state index contributed by atoms with van der Waals surface area (Å²) in [6, 6.07) is 7.71. The Morgan fingerprint density at radius 1 is 1.35 bits per heavy atom. The monoisotopic (exact) mass is 258 g/mol. The molecule has 1 aliphatic heterocycles. The van der Waals surface area contributed by atoms with Crippen molar-refractivity contribution >= 4 is 9.84 Å². The second-order valence-electron chi connectivity index (χ2n) is 4.14. The van der Waals surface area contributed by atoms with E-state index in [1.807, 2.05) is 0 Å². The first-order chi connectivity index (χ1) is 8.10. The van der Waals surface area contributed by atoms with Gasteiger partial charge in [0.15, 0.2) is 0 Å². The van der Waals surface area contributed by atoms with E-state index in [0.717, 1.165) is 12.8 Å². The summed E-state index contributed by atoms with van der Waals surface area (Å²) in [6.07, 6.45) is 1.29. The highest BCUT2D eigenvalue weighted by Crippen LogP contribution is 2.25. The molecular weight excluding hydrogens is 243 g/mol. The van der Waals surface area contributed by atoms with Gasteiger partial charge in [-0.25, -0.2) is 12.8 Å². The van der Waals surface area contributed by atoms with Gasteiger partial charge in [-0.3, -0.25) is 0 Å². The van der Waals surface area contributed by atoms with Crippen LogP contribution in [-0.4, -0.2) is 26.6 Å². The third-order valence-corrected chi connectivity index (χ3v) is 4.68. The van der Waals surface area contributed by atoms with E-state index in [0.29, 0.717) is 6.61 Å². The van der Waals surface area contributed by atoms with E-state index in [9.17, 15) is 12.8 Å². The van der Waals surface area contributed by atoms with Gasteiger partial charge < -0.3 is 4.74 Å². The number of halogens is 1. The van der Waals surface area contributed by atoms with Crippen molar-refractivity contribution in [1.29, 1.82) is 0 Å². The number of ether oxygens (including phenoxy) is 1. The Morgan fingerprint density at radius 2 is 2.06 bits per heavy atom. The van der Waals surface area contributed by atoms with Gasteiger partial charge in [-0.05, 0) is 25.0 Å². The van der Waals surface area contributed by atoms with Gasteiger partial charge in [0.05, 0.1) is 11.0 Å². The summed E-state index contributed by atoms with van der Waals surface area (Å²) in [6.45, 7) is 0.600. The number of benzene rings is 1. The van der Waals surface area contributed by atoms with Gasteiger partial charge >= 0.3 is 0 Å². The smallest absolute Gasteiger partial charge is 0.210 e. The topological polar surface area (TPSA) is 43.4 Å². The zero-order valence-electron chi connectivity index (χ0n) is 9.38. The predicted molar refractivity (Wildman–Crippen MR) is 62.1 cm³/mol. The van der Waals surface area contributed by atoms with E-state index in [1.54, 1.807) is 18.2 Å². The molecule has 1 aliphatic rings. The first kappa shape index (κ1) is 12.5. The molecule has 0 radical (unpaired) electrons. The molecule has 0 unspecified atom stereocenters. The molecule has 0 bridgehead atoms. The van der Waals surface area contributed by atoms with Crippen molar-refractivity contribution in [3.05, 3.63) is 30.3 Å². The normalized spacial score (nSPS) is 22.5. The van der Waals surface area contributed by atoms with Crippen molar-refractivity contribution in [1.82, 2.24) is 0 Å². The first-order valence-electron chi connectivity index (χ1n) is 5.65. The molecule has 2 atom stereocenters. The molecule has 3 nitrogen and oxygen atoms in total. The number of hydrogen-bond donors (Lipinski definition) is 0. The number of alkyl halides is 1. The van der Waals surface area contributed by atoms with E-state index in [2.05, 4.69) is 0 Å². The highest BCUT2D eigenvalue weighted by molar-refractivity contribution is 7.91. The molecule has 0 saturated carbocycles. The molecule has 1 heterocycles. The van der Waals surface area contributed by atoms with Gasteiger partial charge in [0, 0.05) is 13.0 Å². The summed E-state index contributed by atoms with van der Waals surface area (Å²) in [5, 5.41) is 0. The van der Waals surface area contributed by atoms with Crippen LogP contribution >= 0.6 is 0 Å². The molecule has 0 aromatic heterocycles. The summed E-state index contributed by atoms with van der Waals surface area (Å²) in [7, 11) is -3.87. The molecular formula is C12H15FO3S. The fraction of sp³-hybridized carbons (Fsp3) is 0.500. The van der Waals surface area contributed by atoms with Crippen LogP contribution in [0.4, 0.5) is 4.39 Å². The predicted octanol–water partition coefficient (Wildman–Crippen LogP) is 2.33. The van der Waals surface area contributed by atoms with Crippen LogP contribution in [0.15, 0.2) is 35.2 Å². The zero-order valence-corrected chi connectivity index (χ0v) is 10.2. The summed E-state index contributed by atoms with van der Waals surface area (Å²) in [5.41, 5.74) is -1.88. The Bertz CT molecular complexity index is 452. The third kappa shape index (κ3) is 2.84. The number of sulfone groups is 1. The fourth-order valence-corrected chi connectivity index (χ4v) is 3.22. The highest BCUT2D eigenvalue weighted by atomic mass is 32.2. The summed E-state index contributed by atoms with van der Waals surface area (Å²) >= 11 is 0. The molecule has 0 spiro atoms. The van der Waals surface area contributed by atoms with Crippen molar-refractivity contribution in [3.63, 3.8) is 0 Å². The van der Waals surface area contributed by atoms with Crippen LogP contribution in [0.1, 0.15) is 19.3 Å². The van der Waals surface area contributed by atoms with Gasteiger partial charge in [0.2, 0.25) is 15.3 Å². The standard InChI is InChI=1S/C12H15FO3S/c13-12(9-10-5-4-8-16-10)17(14,15)11-6-2-1-3-7-11/h1-3,6-7,10,12H,4-5,8-9H2/t10-,12-/m0/s1. The summed E-state index contributed by atoms with van der Waals surface area (Å²) in [5.74, 6) is 0. The number of rotatable bonds is 4. The van der Waals surface area contributed by atoms with E-state index < -0.39 is 15.3 Å². The minimum Gasteiger partial charge on any atom is -0.378 e. The Kier molecular flexibility index (Phi) is 3.79. The Morgan fingerprint density at radius 3 is 2.65 bits per heavy atom. The van der Waals surface area contributed by atoms with Crippen molar-refractivity contribution in [2.24, 2.45) is 0 Å². The van der Waals surface area contributed by atoms with E-state index in [-0.39, 0.29) is 17.4 Å². The molecule has 0 N–H and O–H groups in total. The zero-order chi connectivity index (χ0) is 12.3. The molecule has 5 heteroatoms. The van der Waals surface area contributed by atoms with Crippen LogP contribution in [0.3, 0.4) is 0 Å². The minimum absolute atomic E-state index is 0.0329. The van der Waals surface area contributed by atoms with Gasteiger partial charge in [-0.2, -0.15) is 0 Å². The van der Waals surface area contributed by atoms with Crippen molar-refractivity contribution in [2.75, 3.05) is 6.61 Å². The second-order valence-corrected chi connectivity index (χ2v) is 6.21. The average Bonchev–Trinajstić information content (AvgIpc) is 2.83. The van der Waals surface area contributed by atoms with Crippen LogP contribution in [-0.2, 0) is 14.6 Å². The highest BCUT2D eigenvalue weighted by Gasteiger charge is 2.31. The van der Waals surface area contributed by atoms with Crippen LogP contribution in [0.25, 0.3) is 0 Å². The van der Waals surface area contributed by atoms with Gasteiger partial charge in [-0.15, -0.1) is 0 Å². The van der Waals surface area contributed by atoms with Crippen LogP contribution in [0, 0.1) is 0 Å². The lowest BCUT2D eigenvalue weighted by atomic mass is 10.2. The van der Waals surface area contributed by atoms with E-state index in [4.69, 9.17) is 4.74 Å². The van der Waals surface area contributed by atoms with Crippen LogP contribution < -0.4 is 0 Å². The SMILES string of the molecule is O=S(=O)(c1ccccc1)[C@H](F)C[C@@H]1CCCO1. The largest absolute Gasteiger partial charge is 0.378 e. The molecule has 17 heavy (non-hydrogen) atoms. The Hall–Kier alpha value is -0.940. The molecule has 0 aliphatic carbocycles. The lowest BCUT2D eigenvalue weighted by Crippen LogP contribution is -2.22. The average molecular weight is 258 g/mol. The third-order valence-electron chi connectivity index (χ3n) is 2.88. The van der Waals surface area contributed by atoms with Crippen molar-refractivity contribution in [2.45, 2.75) is 35.8 Å². The molecule has 1 aromatic carbocycles. The lowest BCUT2D eigenvalue weighted by molar-refractivity contribution is 0.0926. The minimum atomic E-state index is -3.87. The second kappa shape index (κ2) is 5.14. The maximum absolute atomic E-state index is 13.9. The molecule has 1 saturated heterocycles. The summed E-state index contributed by atoms with van der Waals surface area (Å²) in [4.78, 5) is 0.0329. The number of hydrogen-bond acceptors (Lipinski definition) is 3. The molecule has 2 rings (SSSR count). The maximum atomic E-state index is 13.9. The molecule has 94 valence electrons. The fourth-order valence-electron chi connectivity index (χ4n) is 1.92. The maximum Gasteiger partial charge on any atom is 0.210 e.